The molecule has 3 aromatic rings. The number of methoxy groups -OCH3 is 1. The second-order valence-electron chi connectivity index (χ2n) is 8.93. The highest BCUT2D eigenvalue weighted by molar-refractivity contribution is 6.30. The maximum Gasteiger partial charge on any atom is 0.224 e. The fraction of sp³-hybridized carbons (Fsp3) is 0.462. The van der Waals surface area contributed by atoms with Crippen LogP contribution in [0.2, 0.25) is 5.02 Å². The normalized spacial score (nSPS) is 17.4. The summed E-state index contributed by atoms with van der Waals surface area (Å²) in [5.41, 5.74) is 9.59. The van der Waals surface area contributed by atoms with Crippen LogP contribution in [0, 0.1) is 0 Å². The van der Waals surface area contributed by atoms with E-state index in [9.17, 15) is 4.79 Å². The Balaban J connectivity index is 1.43. The third kappa shape index (κ3) is 5.94. The summed E-state index contributed by atoms with van der Waals surface area (Å²) in [6.07, 6.45) is 3.95. The lowest BCUT2D eigenvalue weighted by atomic mass is 9.96. The van der Waals surface area contributed by atoms with Crippen LogP contribution in [0.3, 0.4) is 0 Å². The highest BCUT2D eigenvalue weighted by atomic mass is 35.5. The van der Waals surface area contributed by atoms with Crippen LogP contribution >= 0.6 is 11.6 Å². The molecule has 1 aromatic heterocycles. The first kappa shape index (κ1) is 23.7. The molecule has 7 heteroatoms. The van der Waals surface area contributed by atoms with E-state index < -0.39 is 0 Å². The molecule has 0 saturated carbocycles. The number of aromatic nitrogens is 2. The summed E-state index contributed by atoms with van der Waals surface area (Å²) in [4.78, 5) is 20.0. The number of halogens is 1. The highest BCUT2D eigenvalue weighted by Crippen LogP contribution is 2.30. The van der Waals surface area contributed by atoms with E-state index in [1.807, 2.05) is 35.2 Å². The lowest BCUT2D eigenvalue weighted by molar-refractivity contribution is -0.132. The minimum absolute atomic E-state index is 0.128. The molecular formula is C26H33ClN4O2. The molecule has 1 saturated heterocycles. The van der Waals surface area contributed by atoms with Crippen molar-refractivity contribution in [3.05, 3.63) is 64.9 Å². The minimum atomic E-state index is -0.210. The third-order valence-corrected chi connectivity index (χ3v) is 6.65. The summed E-state index contributed by atoms with van der Waals surface area (Å²) in [7, 11) is 1.73. The molecule has 1 aliphatic rings. The van der Waals surface area contributed by atoms with Gasteiger partial charge in [-0.3, -0.25) is 4.79 Å². The summed E-state index contributed by atoms with van der Waals surface area (Å²) in [5, 5.41) is 0.705. The fourth-order valence-electron chi connectivity index (χ4n) is 4.77. The van der Waals surface area contributed by atoms with Crippen molar-refractivity contribution in [3.8, 4) is 0 Å². The number of nitrogens with zero attached hydrogens (tertiary/aromatic N) is 3. The van der Waals surface area contributed by atoms with Crippen molar-refractivity contribution >= 4 is 28.5 Å². The van der Waals surface area contributed by atoms with Gasteiger partial charge in [-0.2, -0.15) is 0 Å². The number of fused-ring (bicyclic) bond motifs is 1. The largest absolute Gasteiger partial charge is 0.385 e. The van der Waals surface area contributed by atoms with Crippen molar-refractivity contribution in [2.75, 3.05) is 26.8 Å². The average Bonchev–Trinajstić information content (AvgIpc) is 3.19. The molecule has 0 bridgehead atoms. The predicted octanol–water partition coefficient (Wildman–Crippen LogP) is 4.39. The quantitative estimate of drug-likeness (QED) is 0.472. The van der Waals surface area contributed by atoms with E-state index in [-0.39, 0.29) is 17.9 Å². The van der Waals surface area contributed by atoms with Crippen molar-refractivity contribution in [1.29, 1.82) is 0 Å². The number of rotatable bonds is 9. The second kappa shape index (κ2) is 11.1. The molecule has 2 atom stereocenters. The average molecular weight is 469 g/mol. The number of hydrogen-bond acceptors (Lipinski definition) is 4. The number of carbonyl (C=O) groups excluding carboxylic acids is 1. The summed E-state index contributed by atoms with van der Waals surface area (Å²) in [5.74, 6) is 1.43. The van der Waals surface area contributed by atoms with Gasteiger partial charge >= 0.3 is 0 Å². The standard InChI is InChI=1S/C26H33ClN4O2/c1-33-15-5-14-31-24-8-3-2-7-23(24)29-26(31)20-6-4-13-30(18-20)25(32)17-22(28)16-19-9-11-21(27)12-10-19/h2-3,7-12,20,22H,4-6,13-18,28H2,1H3. The first-order valence-electron chi connectivity index (χ1n) is 11.8. The van der Waals surface area contributed by atoms with Crippen LogP contribution in [0.5, 0.6) is 0 Å². The first-order chi connectivity index (χ1) is 16.0. The Morgan fingerprint density at radius 2 is 2.03 bits per heavy atom. The van der Waals surface area contributed by atoms with Crippen LogP contribution in [0.1, 0.15) is 43.0 Å². The summed E-state index contributed by atoms with van der Waals surface area (Å²) in [6.45, 7) is 3.06. The zero-order valence-electron chi connectivity index (χ0n) is 19.3. The van der Waals surface area contributed by atoms with Crippen molar-refractivity contribution in [3.63, 3.8) is 0 Å². The van der Waals surface area contributed by atoms with Crippen molar-refractivity contribution in [2.45, 2.75) is 50.6 Å². The van der Waals surface area contributed by atoms with Crippen LogP contribution in [-0.4, -0.2) is 53.2 Å². The Bertz CT molecular complexity index is 1070. The molecule has 1 amide bonds. The van der Waals surface area contributed by atoms with Crippen LogP contribution in [-0.2, 0) is 22.5 Å². The molecule has 0 spiro atoms. The third-order valence-electron chi connectivity index (χ3n) is 6.40. The van der Waals surface area contributed by atoms with Gasteiger partial charge in [0.2, 0.25) is 5.91 Å². The molecule has 6 nitrogen and oxygen atoms in total. The Morgan fingerprint density at radius 1 is 1.24 bits per heavy atom. The number of imidazole rings is 1. The van der Waals surface area contributed by atoms with Gasteiger partial charge in [0.05, 0.1) is 11.0 Å². The van der Waals surface area contributed by atoms with Gasteiger partial charge in [-0.25, -0.2) is 4.98 Å². The number of amides is 1. The molecule has 33 heavy (non-hydrogen) atoms. The van der Waals surface area contributed by atoms with Gasteiger partial charge in [0.1, 0.15) is 5.82 Å². The molecule has 0 radical (unpaired) electrons. The molecule has 1 fully saturated rings. The maximum atomic E-state index is 13.1. The zero-order valence-corrected chi connectivity index (χ0v) is 20.0. The molecule has 2 unspecified atom stereocenters. The molecule has 2 aromatic carbocycles. The Hall–Kier alpha value is -2.41. The van der Waals surface area contributed by atoms with Gasteiger partial charge < -0.3 is 19.9 Å². The van der Waals surface area contributed by atoms with Gasteiger partial charge in [-0.05, 0) is 55.5 Å². The molecule has 2 N–H and O–H groups in total. The number of benzene rings is 2. The van der Waals surface area contributed by atoms with E-state index in [1.54, 1.807) is 7.11 Å². The van der Waals surface area contributed by atoms with Gasteiger partial charge in [0.15, 0.2) is 0 Å². The number of likely N-dealkylation sites (tertiary alicyclic amines) is 1. The van der Waals surface area contributed by atoms with E-state index in [1.165, 1.54) is 0 Å². The number of piperidine rings is 1. The molecule has 0 aliphatic carbocycles. The van der Waals surface area contributed by atoms with E-state index in [0.717, 1.165) is 54.8 Å². The van der Waals surface area contributed by atoms with Crippen LogP contribution in [0.15, 0.2) is 48.5 Å². The van der Waals surface area contributed by atoms with Gasteiger partial charge in [-0.1, -0.05) is 35.9 Å². The number of aryl methyl sites for hydroxylation is 1. The minimum Gasteiger partial charge on any atom is -0.385 e. The van der Waals surface area contributed by atoms with E-state index >= 15 is 0 Å². The zero-order chi connectivity index (χ0) is 23.2. The van der Waals surface area contributed by atoms with Gasteiger partial charge in [-0.15, -0.1) is 0 Å². The molecule has 176 valence electrons. The summed E-state index contributed by atoms with van der Waals surface area (Å²) >= 11 is 5.97. The van der Waals surface area contributed by atoms with Crippen molar-refractivity contribution in [2.24, 2.45) is 5.73 Å². The van der Waals surface area contributed by atoms with E-state index in [0.29, 0.717) is 31.0 Å². The van der Waals surface area contributed by atoms with E-state index in [2.05, 4.69) is 22.8 Å². The number of ether oxygens (including phenoxy) is 1. The lowest BCUT2D eigenvalue weighted by Gasteiger charge is -2.33. The lowest BCUT2D eigenvalue weighted by Crippen LogP contribution is -2.42. The number of para-hydroxylation sites is 2. The monoisotopic (exact) mass is 468 g/mol. The molecule has 1 aliphatic heterocycles. The molecule has 4 rings (SSSR count). The number of nitrogens with two attached hydrogens (primary N) is 1. The maximum absolute atomic E-state index is 13.1. The van der Waals surface area contributed by atoms with Crippen molar-refractivity contribution in [1.82, 2.24) is 14.5 Å². The molecule has 2 heterocycles. The topological polar surface area (TPSA) is 73.4 Å². The second-order valence-corrected chi connectivity index (χ2v) is 9.37. The van der Waals surface area contributed by atoms with Crippen LogP contribution < -0.4 is 5.73 Å². The molecular weight excluding hydrogens is 436 g/mol. The fourth-order valence-corrected chi connectivity index (χ4v) is 4.90. The Labute approximate surface area is 200 Å². The first-order valence-corrected chi connectivity index (χ1v) is 12.1. The smallest absolute Gasteiger partial charge is 0.224 e. The van der Waals surface area contributed by atoms with Crippen LogP contribution in [0.4, 0.5) is 0 Å². The number of hydrogen-bond donors (Lipinski definition) is 1. The Morgan fingerprint density at radius 3 is 2.82 bits per heavy atom. The summed E-state index contributed by atoms with van der Waals surface area (Å²) in [6, 6.07) is 15.7. The SMILES string of the molecule is COCCCn1c(C2CCCN(C(=O)CC(N)Cc3ccc(Cl)cc3)C2)nc2ccccc21. The van der Waals surface area contributed by atoms with Crippen molar-refractivity contribution < 1.29 is 9.53 Å². The Kier molecular flexibility index (Phi) is 8.02. The van der Waals surface area contributed by atoms with Gasteiger partial charge in [0, 0.05) is 56.8 Å². The number of carbonyl (C=O) groups is 1. The van der Waals surface area contributed by atoms with E-state index in [4.69, 9.17) is 27.1 Å². The van der Waals surface area contributed by atoms with Gasteiger partial charge in [0.25, 0.3) is 0 Å². The highest BCUT2D eigenvalue weighted by Gasteiger charge is 2.29. The van der Waals surface area contributed by atoms with Crippen LogP contribution in [0.25, 0.3) is 11.0 Å². The predicted molar refractivity (Wildman–Crippen MR) is 133 cm³/mol. The summed E-state index contributed by atoms with van der Waals surface area (Å²) < 4.78 is 7.59.